The van der Waals surface area contributed by atoms with E-state index in [-0.39, 0.29) is 35.8 Å². The molecule has 0 bridgehead atoms. The number of aliphatic hydroxyl groups excluding tert-OH is 2. The molecule has 3 aliphatic rings. The molecule has 13 nitrogen and oxygen atoms in total. The van der Waals surface area contributed by atoms with Crippen molar-refractivity contribution in [2.24, 2.45) is 10.9 Å². The number of para-hydroxylation sites is 1. The van der Waals surface area contributed by atoms with Gasteiger partial charge in [-0.15, -0.1) is 0 Å². The summed E-state index contributed by atoms with van der Waals surface area (Å²) in [4.78, 5) is 57.6. The normalized spacial score (nSPS) is 17.3. The Morgan fingerprint density at radius 1 is 0.948 bits per heavy atom. The first-order valence-corrected chi connectivity index (χ1v) is 19.9. The van der Waals surface area contributed by atoms with Crippen molar-refractivity contribution in [3.63, 3.8) is 0 Å². The standard InChI is InChI=1S/C45H52N6O7/c1-50(43(56)24-29-51-27-22-34(23-28-51)58-45(57)48-38-11-6-5-10-35(38)32-8-3-2-4-9-32)26-7-12-41(54)47-33-15-13-31(14-16-33)21-25-46-30-40(53)36-17-19-39(52)44-37(36)18-20-42(55)49-44/h2-6,8-11,13-20,34,37,40,46,52-53H,7,12,21-30H2,1H3,(H,47,54)(H,48,57)/t37?,40-/m0/s1. The zero-order valence-electron chi connectivity index (χ0n) is 32.8. The second kappa shape index (κ2) is 20.5. The highest BCUT2D eigenvalue weighted by Gasteiger charge is 2.31. The summed E-state index contributed by atoms with van der Waals surface area (Å²) in [5.41, 5.74) is 5.32. The van der Waals surface area contributed by atoms with Gasteiger partial charge in [0.2, 0.25) is 11.8 Å². The highest BCUT2D eigenvalue weighted by Crippen LogP contribution is 2.29. The van der Waals surface area contributed by atoms with Crippen LogP contribution in [0.5, 0.6) is 0 Å². The Balaban J connectivity index is 0.810. The van der Waals surface area contributed by atoms with Gasteiger partial charge in [-0.2, -0.15) is 0 Å². The number of anilines is 2. The van der Waals surface area contributed by atoms with Crippen molar-refractivity contribution in [1.82, 2.24) is 15.1 Å². The molecule has 1 saturated heterocycles. The van der Waals surface area contributed by atoms with Gasteiger partial charge in [0.15, 0.2) is 0 Å². The number of carbonyl (C=O) groups excluding carboxylic acids is 4. The minimum Gasteiger partial charge on any atom is -0.506 e. The molecule has 6 rings (SSSR count). The molecule has 304 valence electrons. The van der Waals surface area contributed by atoms with E-state index in [1.165, 1.54) is 12.2 Å². The topological polar surface area (TPSA) is 173 Å². The summed E-state index contributed by atoms with van der Waals surface area (Å²) in [6, 6.07) is 25.2. The minimum atomic E-state index is -0.818. The quantitative estimate of drug-likeness (QED) is 0.108. The number of hydrogen-bond donors (Lipinski definition) is 5. The lowest BCUT2D eigenvalue weighted by molar-refractivity contribution is -0.130. The Labute approximate surface area is 339 Å². The lowest BCUT2D eigenvalue weighted by atomic mass is 9.84. The van der Waals surface area contributed by atoms with E-state index in [1.807, 2.05) is 78.9 Å². The molecule has 3 aromatic rings. The van der Waals surface area contributed by atoms with Gasteiger partial charge in [-0.3, -0.25) is 19.7 Å². The van der Waals surface area contributed by atoms with E-state index in [2.05, 4.69) is 25.8 Å². The Bertz CT molecular complexity index is 2040. The van der Waals surface area contributed by atoms with Gasteiger partial charge in [-0.25, -0.2) is 9.79 Å². The molecule has 0 radical (unpaired) electrons. The summed E-state index contributed by atoms with van der Waals surface area (Å²) in [5, 5.41) is 29.9. The number of nitrogens with zero attached hydrogens (tertiary/aromatic N) is 3. The first kappa shape index (κ1) is 41.7. The Hall–Kier alpha value is -5.89. The van der Waals surface area contributed by atoms with Crippen LogP contribution in [-0.2, 0) is 25.5 Å². The third-order valence-electron chi connectivity index (χ3n) is 10.6. The molecule has 0 spiro atoms. The van der Waals surface area contributed by atoms with E-state index < -0.39 is 24.0 Å². The van der Waals surface area contributed by atoms with Crippen LogP contribution in [0.15, 0.2) is 119 Å². The SMILES string of the molecule is CN(CCCC(=O)Nc1ccc(CCNC[C@H](O)C2=CC=C(O)C3=NC(=O)C=CC23)cc1)C(=O)CCN1CCC(OC(=O)Nc2ccccc2-c2ccccc2)CC1. The van der Waals surface area contributed by atoms with Gasteiger partial charge >= 0.3 is 6.09 Å². The molecule has 1 unspecified atom stereocenters. The third-order valence-corrected chi connectivity index (χ3v) is 10.6. The van der Waals surface area contributed by atoms with Gasteiger partial charge in [0, 0.05) is 75.9 Å². The first-order valence-electron chi connectivity index (χ1n) is 19.9. The Morgan fingerprint density at radius 2 is 1.69 bits per heavy atom. The van der Waals surface area contributed by atoms with Gasteiger partial charge in [-0.1, -0.05) is 72.8 Å². The second-order valence-electron chi connectivity index (χ2n) is 14.8. The van der Waals surface area contributed by atoms with Crippen LogP contribution in [0.2, 0.25) is 0 Å². The van der Waals surface area contributed by atoms with Gasteiger partial charge < -0.3 is 35.4 Å². The number of hydrogen-bond acceptors (Lipinski definition) is 9. The number of rotatable bonds is 17. The summed E-state index contributed by atoms with van der Waals surface area (Å²) >= 11 is 0. The molecular formula is C45H52N6O7. The summed E-state index contributed by atoms with van der Waals surface area (Å²) in [6.45, 7) is 3.50. The fourth-order valence-electron chi connectivity index (χ4n) is 7.28. The van der Waals surface area contributed by atoms with Crippen molar-refractivity contribution >= 4 is 40.9 Å². The molecule has 0 saturated carbocycles. The van der Waals surface area contributed by atoms with Gasteiger partial charge in [0.05, 0.1) is 17.5 Å². The van der Waals surface area contributed by atoms with Crippen LogP contribution in [0.25, 0.3) is 11.1 Å². The summed E-state index contributed by atoms with van der Waals surface area (Å²) in [5.74, 6) is -1.02. The summed E-state index contributed by atoms with van der Waals surface area (Å²) in [7, 11) is 1.77. The second-order valence-corrected chi connectivity index (χ2v) is 14.8. The van der Waals surface area contributed by atoms with E-state index in [9.17, 15) is 29.4 Å². The molecule has 4 amide bonds. The highest BCUT2D eigenvalue weighted by molar-refractivity contribution is 6.13. The molecule has 3 aromatic carbocycles. The number of amides is 4. The van der Waals surface area contributed by atoms with Crippen LogP contribution in [0.4, 0.5) is 16.2 Å². The predicted molar refractivity (Wildman–Crippen MR) is 224 cm³/mol. The zero-order chi connectivity index (χ0) is 40.9. The number of dihydropyridines is 1. The van der Waals surface area contributed by atoms with E-state index in [1.54, 1.807) is 24.1 Å². The fraction of sp³-hybridized carbons (Fsp3) is 0.356. The van der Waals surface area contributed by atoms with E-state index in [4.69, 9.17) is 4.74 Å². The van der Waals surface area contributed by atoms with Crippen LogP contribution in [-0.4, -0.2) is 108 Å². The van der Waals surface area contributed by atoms with Gasteiger partial charge in [-0.05, 0) is 73.2 Å². The molecule has 2 heterocycles. The third kappa shape index (κ3) is 11.8. The predicted octanol–water partition coefficient (Wildman–Crippen LogP) is 5.66. The highest BCUT2D eigenvalue weighted by atomic mass is 16.6. The van der Waals surface area contributed by atoms with E-state index in [0.29, 0.717) is 75.2 Å². The Kier molecular flexibility index (Phi) is 14.8. The maximum absolute atomic E-state index is 12.8. The smallest absolute Gasteiger partial charge is 0.411 e. The number of carbonyl (C=O) groups is 4. The molecule has 2 atom stereocenters. The Morgan fingerprint density at radius 3 is 2.47 bits per heavy atom. The van der Waals surface area contributed by atoms with Crippen molar-refractivity contribution in [3.05, 3.63) is 120 Å². The minimum absolute atomic E-state index is 0.0287. The maximum atomic E-state index is 12.8. The average Bonchev–Trinajstić information content (AvgIpc) is 3.23. The number of benzene rings is 3. The number of aliphatic hydroxyl groups is 2. The molecule has 2 aliphatic heterocycles. The number of fused-ring (bicyclic) bond motifs is 1. The molecule has 1 aliphatic carbocycles. The number of ether oxygens (including phenoxy) is 1. The molecule has 58 heavy (non-hydrogen) atoms. The summed E-state index contributed by atoms with van der Waals surface area (Å²) in [6.07, 6.45) is 7.96. The van der Waals surface area contributed by atoms with Gasteiger partial charge in [0.1, 0.15) is 11.9 Å². The zero-order valence-corrected chi connectivity index (χ0v) is 32.8. The molecular weight excluding hydrogens is 737 g/mol. The van der Waals surface area contributed by atoms with Crippen molar-refractivity contribution in [2.45, 2.75) is 50.7 Å². The van der Waals surface area contributed by atoms with Crippen molar-refractivity contribution in [3.8, 4) is 11.1 Å². The number of aliphatic imine (C=N–C) groups is 1. The van der Waals surface area contributed by atoms with Crippen molar-refractivity contribution in [1.29, 1.82) is 0 Å². The molecule has 0 aromatic heterocycles. The van der Waals surface area contributed by atoms with Gasteiger partial charge in [0.25, 0.3) is 5.91 Å². The largest absolute Gasteiger partial charge is 0.506 e. The molecule has 1 fully saturated rings. The summed E-state index contributed by atoms with van der Waals surface area (Å²) < 4.78 is 5.75. The first-order chi connectivity index (χ1) is 28.1. The van der Waals surface area contributed by atoms with Crippen LogP contribution < -0.4 is 16.0 Å². The lowest BCUT2D eigenvalue weighted by Crippen LogP contribution is -2.40. The van der Waals surface area contributed by atoms with Crippen LogP contribution in [0.1, 0.15) is 37.7 Å². The monoisotopic (exact) mass is 788 g/mol. The number of likely N-dealkylation sites (tertiary alicyclic amines) is 1. The molecule has 13 heteroatoms. The van der Waals surface area contributed by atoms with E-state index >= 15 is 0 Å². The number of allylic oxidation sites excluding steroid dienone is 4. The van der Waals surface area contributed by atoms with Crippen LogP contribution in [0, 0.1) is 5.92 Å². The lowest BCUT2D eigenvalue weighted by Gasteiger charge is -2.31. The fourth-order valence-corrected chi connectivity index (χ4v) is 7.28. The average molecular weight is 789 g/mol. The van der Waals surface area contributed by atoms with E-state index in [0.717, 1.165) is 29.8 Å². The maximum Gasteiger partial charge on any atom is 0.411 e. The van der Waals surface area contributed by atoms with Crippen molar-refractivity contribution in [2.75, 3.05) is 56.9 Å². The van der Waals surface area contributed by atoms with Crippen LogP contribution in [0.3, 0.4) is 0 Å². The number of nitrogens with one attached hydrogen (secondary N) is 3. The van der Waals surface area contributed by atoms with Crippen molar-refractivity contribution < 1.29 is 34.1 Å². The number of piperidine rings is 1. The molecule has 5 N–H and O–H groups in total. The van der Waals surface area contributed by atoms with Crippen LogP contribution >= 0.6 is 0 Å².